The van der Waals surface area contributed by atoms with Crippen LogP contribution in [0.1, 0.15) is 12.0 Å². The van der Waals surface area contributed by atoms with Gasteiger partial charge in [-0.2, -0.15) is 0 Å². The summed E-state index contributed by atoms with van der Waals surface area (Å²) in [4.78, 5) is 16.2. The highest BCUT2D eigenvalue weighted by molar-refractivity contribution is 5.92. The summed E-state index contributed by atoms with van der Waals surface area (Å²) < 4.78 is 5.36. The summed E-state index contributed by atoms with van der Waals surface area (Å²) in [5.74, 6) is 0.0465. The molecule has 0 bridgehead atoms. The first kappa shape index (κ1) is 15.1. The quantitative estimate of drug-likeness (QED) is 0.849. The van der Waals surface area contributed by atoms with Crippen molar-refractivity contribution in [1.29, 1.82) is 0 Å². The minimum atomic E-state index is 0.0465. The number of anilines is 1. The number of benzene rings is 1. The van der Waals surface area contributed by atoms with Gasteiger partial charge in [0, 0.05) is 44.0 Å². The van der Waals surface area contributed by atoms with Gasteiger partial charge in [0.15, 0.2) is 0 Å². The number of likely N-dealkylation sites (tertiary alicyclic amines) is 1. The lowest BCUT2D eigenvalue weighted by Crippen LogP contribution is -2.36. The van der Waals surface area contributed by atoms with Crippen molar-refractivity contribution in [2.45, 2.75) is 12.5 Å². The first-order valence-corrected chi connectivity index (χ1v) is 7.88. The average Bonchev–Trinajstić information content (AvgIpc) is 3.00. The third kappa shape index (κ3) is 3.67. The molecular formula is C17H23N3O2. The number of amides is 1. The molecule has 22 heavy (non-hydrogen) atoms. The number of hydrogen-bond donors (Lipinski definition) is 1. The van der Waals surface area contributed by atoms with Crippen molar-refractivity contribution in [2.75, 3.05) is 44.3 Å². The molecule has 5 nitrogen and oxygen atoms in total. The number of carbonyl (C=O) groups excluding carboxylic acids is 1. The Labute approximate surface area is 131 Å². The largest absolute Gasteiger partial charge is 0.378 e. The van der Waals surface area contributed by atoms with Crippen LogP contribution in [0.25, 0.3) is 6.08 Å². The third-order valence-corrected chi connectivity index (χ3v) is 4.22. The van der Waals surface area contributed by atoms with Crippen LogP contribution >= 0.6 is 0 Å². The van der Waals surface area contributed by atoms with E-state index in [0.29, 0.717) is 6.54 Å². The van der Waals surface area contributed by atoms with Gasteiger partial charge in [-0.15, -0.1) is 0 Å². The molecule has 1 amide bonds. The van der Waals surface area contributed by atoms with E-state index in [1.54, 1.807) is 6.08 Å². The van der Waals surface area contributed by atoms with Gasteiger partial charge in [0.2, 0.25) is 5.91 Å². The minimum absolute atomic E-state index is 0.0465. The van der Waals surface area contributed by atoms with Crippen LogP contribution in [0.15, 0.2) is 30.3 Å². The van der Waals surface area contributed by atoms with Crippen LogP contribution in [0.4, 0.5) is 5.69 Å². The van der Waals surface area contributed by atoms with E-state index in [2.05, 4.69) is 17.0 Å². The zero-order valence-corrected chi connectivity index (χ0v) is 12.8. The van der Waals surface area contributed by atoms with E-state index in [1.807, 2.05) is 23.1 Å². The number of ether oxygens (including phenoxy) is 1. The molecule has 1 atom stereocenters. The Hall–Kier alpha value is -1.85. The van der Waals surface area contributed by atoms with E-state index < -0.39 is 0 Å². The van der Waals surface area contributed by atoms with Crippen molar-refractivity contribution in [3.8, 4) is 0 Å². The van der Waals surface area contributed by atoms with Gasteiger partial charge in [0.05, 0.1) is 13.2 Å². The van der Waals surface area contributed by atoms with Gasteiger partial charge in [-0.3, -0.25) is 4.79 Å². The topological polar surface area (TPSA) is 58.8 Å². The van der Waals surface area contributed by atoms with Gasteiger partial charge >= 0.3 is 0 Å². The van der Waals surface area contributed by atoms with E-state index in [1.165, 1.54) is 5.69 Å². The number of hydrogen-bond acceptors (Lipinski definition) is 4. The molecule has 118 valence electrons. The van der Waals surface area contributed by atoms with Crippen LogP contribution in [0, 0.1) is 0 Å². The van der Waals surface area contributed by atoms with Crippen molar-refractivity contribution in [1.82, 2.24) is 4.90 Å². The van der Waals surface area contributed by atoms with Crippen LogP contribution in [-0.4, -0.2) is 56.2 Å². The summed E-state index contributed by atoms with van der Waals surface area (Å²) in [5.41, 5.74) is 8.07. The first-order valence-electron chi connectivity index (χ1n) is 7.88. The van der Waals surface area contributed by atoms with Gasteiger partial charge < -0.3 is 20.3 Å². The average molecular weight is 301 g/mol. The molecule has 2 aliphatic heterocycles. The Morgan fingerprint density at radius 2 is 1.91 bits per heavy atom. The lowest BCUT2D eigenvalue weighted by molar-refractivity contribution is -0.124. The Morgan fingerprint density at radius 3 is 2.55 bits per heavy atom. The van der Waals surface area contributed by atoms with Crippen molar-refractivity contribution in [3.63, 3.8) is 0 Å². The molecule has 0 aromatic heterocycles. The monoisotopic (exact) mass is 301 g/mol. The SMILES string of the molecule is N[C@@H]1CCN(C(=O)/C=C/c2ccc(N3CCOCC3)cc2)C1. The molecule has 2 aliphatic rings. The first-order chi connectivity index (χ1) is 10.7. The van der Waals surface area contributed by atoms with E-state index in [9.17, 15) is 4.79 Å². The van der Waals surface area contributed by atoms with E-state index in [-0.39, 0.29) is 11.9 Å². The lowest BCUT2D eigenvalue weighted by atomic mass is 10.1. The van der Waals surface area contributed by atoms with Gasteiger partial charge in [0.25, 0.3) is 0 Å². The third-order valence-electron chi connectivity index (χ3n) is 4.22. The summed E-state index contributed by atoms with van der Waals surface area (Å²) in [6.07, 6.45) is 4.41. The fourth-order valence-corrected chi connectivity index (χ4v) is 2.88. The molecule has 0 radical (unpaired) electrons. The van der Waals surface area contributed by atoms with E-state index in [0.717, 1.165) is 44.8 Å². The maximum Gasteiger partial charge on any atom is 0.246 e. The Balaban J connectivity index is 1.58. The molecule has 2 heterocycles. The van der Waals surface area contributed by atoms with Gasteiger partial charge in [-0.05, 0) is 30.2 Å². The highest BCUT2D eigenvalue weighted by atomic mass is 16.5. The summed E-state index contributed by atoms with van der Waals surface area (Å²) in [6.45, 7) is 4.87. The zero-order chi connectivity index (χ0) is 15.4. The Morgan fingerprint density at radius 1 is 1.18 bits per heavy atom. The normalized spacial score (nSPS) is 22.5. The molecule has 5 heteroatoms. The van der Waals surface area contributed by atoms with Gasteiger partial charge in [-0.25, -0.2) is 0 Å². The maximum atomic E-state index is 12.0. The molecule has 3 rings (SSSR count). The number of rotatable bonds is 3. The number of nitrogens with two attached hydrogens (primary N) is 1. The second-order valence-corrected chi connectivity index (χ2v) is 5.86. The Bertz CT molecular complexity index is 535. The molecule has 0 spiro atoms. The highest BCUT2D eigenvalue weighted by Gasteiger charge is 2.21. The number of morpholine rings is 1. The van der Waals surface area contributed by atoms with Crippen molar-refractivity contribution >= 4 is 17.7 Å². The van der Waals surface area contributed by atoms with E-state index >= 15 is 0 Å². The summed E-state index contributed by atoms with van der Waals surface area (Å²) in [5, 5.41) is 0. The van der Waals surface area contributed by atoms with Crippen LogP contribution in [0.2, 0.25) is 0 Å². The van der Waals surface area contributed by atoms with Crippen LogP contribution in [0.3, 0.4) is 0 Å². The predicted octanol–water partition coefficient (Wildman–Crippen LogP) is 1.10. The standard InChI is InChI=1S/C17H23N3O2/c18-15-7-8-20(13-15)17(21)6-3-14-1-4-16(5-2-14)19-9-11-22-12-10-19/h1-6,15H,7-13,18H2/b6-3+/t15-/m1/s1. The predicted molar refractivity (Wildman–Crippen MR) is 87.7 cm³/mol. The molecule has 2 fully saturated rings. The molecular weight excluding hydrogens is 278 g/mol. The van der Waals surface area contributed by atoms with Crippen LogP contribution in [0.5, 0.6) is 0 Å². The molecule has 2 saturated heterocycles. The van der Waals surface area contributed by atoms with Crippen molar-refractivity contribution < 1.29 is 9.53 Å². The fourth-order valence-electron chi connectivity index (χ4n) is 2.88. The molecule has 2 N–H and O–H groups in total. The van der Waals surface area contributed by atoms with Crippen molar-refractivity contribution in [2.24, 2.45) is 5.73 Å². The second-order valence-electron chi connectivity index (χ2n) is 5.86. The molecule has 0 aliphatic carbocycles. The van der Waals surface area contributed by atoms with Crippen molar-refractivity contribution in [3.05, 3.63) is 35.9 Å². The van der Waals surface area contributed by atoms with Crippen LogP contribution in [-0.2, 0) is 9.53 Å². The molecule has 1 aromatic carbocycles. The second kappa shape index (κ2) is 6.94. The number of carbonyl (C=O) groups is 1. The zero-order valence-electron chi connectivity index (χ0n) is 12.8. The van der Waals surface area contributed by atoms with E-state index in [4.69, 9.17) is 10.5 Å². The molecule has 0 saturated carbocycles. The minimum Gasteiger partial charge on any atom is -0.378 e. The Kier molecular flexibility index (Phi) is 4.75. The summed E-state index contributed by atoms with van der Waals surface area (Å²) in [7, 11) is 0. The molecule has 1 aromatic rings. The maximum absolute atomic E-state index is 12.0. The number of nitrogens with zero attached hydrogens (tertiary/aromatic N) is 2. The van der Waals surface area contributed by atoms with Gasteiger partial charge in [0.1, 0.15) is 0 Å². The highest BCUT2D eigenvalue weighted by Crippen LogP contribution is 2.17. The van der Waals surface area contributed by atoms with Gasteiger partial charge in [-0.1, -0.05) is 12.1 Å². The summed E-state index contributed by atoms with van der Waals surface area (Å²) >= 11 is 0. The van der Waals surface area contributed by atoms with Crippen LogP contribution < -0.4 is 10.6 Å². The smallest absolute Gasteiger partial charge is 0.246 e. The lowest BCUT2D eigenvalue weighted by Gasteiger charge is -2.28. The molecule has 0 unspecified atom stereocenters. The summed E-state index contributed by atoms with van der Waals surface area (Å²) in [6, 6.07) is 8.42. The fraction of sp³-hybridized carbons (Fsp3) is 0.471.